The summed E-state index contributed by atoms with van der Waals surface area (Å²) >= 11 is 2.51. The Morgan fingerprint density at radius 2 is 1.84 bits per heavy atom. The number of nitrogens with zero attached hydrogens (tertiary/aromatic N) is 3. The molecule has 0 radical (unpaired) electrons. The van der Waals surface area contributed by atoms with E-state index in [0.717, 1.165) is 16.9 Å². The van der Waals surface area contributed by atoms with E-state index in [0.29, 0.717) is 32.9 Å². The average Bonchev–Trinajstić information content (AvgIpc) is 3.51. The van der Waals surface area contributed by atoms with Crippen molar-refractivity contribution in [2.24, 2.45) is 7.05 Å². The lowest BCUT2D eigenvalue weighted by molar-refractivity contribution is -0.113. The number of rotatable bonds is 10. The van der Waals surface area contributed by atoms with Gasteiger partial charge >= 0.3 is 5.97 Å². The maximum Gasteiger partial charge on any atom is 0.341 e. The smallest absolute Gasteiger partial charge is 0.341 e. The van der Waals surface area contributed by atoms with Gasteiger partial charge in [0.25, 0.3) is 0 Å². The molecule has 0 aliphatic heterocycles. The summed E-state index contributed by atoms with van der Waals surface area (Å²) < 4.78 is 18.1. The van der Waals surface area contributed by atoms with Gasteiger partial charge in [0.15, 0.2) is 17.1 Å². The van der Waals surface area contributed by atoms with Crippen molar-refractivity contribution in [1.29, 1.82) is 0 Å². The lowest BCUT2D eigenvalue weighted by atomic mass is 10.0. The Hall–Kier alpha value is -3.83. The van der Waals surface area contributed by atoms with Crippen LogP contribution in [-0.2, 0) is 16.6 Å². The van der Waals surface area contributed by atoms with E-state index in [2.05, 4.69) is 15.5 Å². The number of amides is 1. The van der Waals surface area contributed by atoms with E-state index in [-0.39, 0.29) is 17.8 Å². The first-order valence-electron chi connectivity index (χ1n) is 11.7. The molecule has 0 saturated heterocycles. The van der Waals surface area contributed by atoms with Gasteiger partial charge in [-0.25, -0.2) is 4.79 Å². The molecule has 9 nitrogen and oxygen atoms in total. The van der Waals surface area contributed by atoms with Crippen LogP contribution in [0.5, 0.6) is 11.5 Å². The molecule has 0 aliphatic carbocycles. The number of esters is 1. The normalized spacial score (nSPS) is 11.6. The Kier molecular flexibility index (Phi) is 8.70. The zero-order valence-electron chi connectivity index (χ0n) is 21.7. The summed E-state index contributed by atoms with van der Waals surface area (Å²) in [6.07, 6.45) is -0.332. The molecule has 38 heavy (non-hydrogen) atoms. The lowest BCUT2D eigenvalue weighted by Crippen LogP contribution is -2.16. The van der Waals surface area contributed by atoms with Gasteiger partial charge in [-0.1, -0.05) is 42.1 Å². The molecule has 4 rings (SSSR count). The highest BCUT2D eigenvalue weighted by atomic mass is 32.2. The number of carbonyl (C=O) groups excluding carboxylic acids is 2. The third-order valence-electron chi connectivity index (χ3n) is 5.80. The summed E-state index contributed by atoms with van der Waals surface area (Å²) in [6.45, 7) is 3.89. The number of hydrogen-bond acceptors (Lipinski definition) is 9. The number of carbonyl (C=O) groups is 2. The number of anilines is 1. The number of aromatic nitrogens is 3. The Morgan fingerprint density at radius 3 is 2.53 bits per heavy atom. The number of ether oxygens (including phenoxy) is 3. The van der Waals surface area contributed by atoms with Crippen LogP contribution in [-0.4, -0.2) is 46.6 Å². The molecule has 0 aliphatic rings. The van der Waals surface area contributed by atoms with Crippen molar-refractivity contribution in [3.63, 3.8) is 0 Å². The molecule has 4 aromatic rings. The van der Waals surface area contributed by atoms with Crippen molar-refractivity contribution >= 4 is 40.0 Å². The minimum Gasteiger partial charge on any atom is -0.497 e. The molecular weight excluding hydrogens is 524 g/mol. The van der Waals surface area contributed by atoms with Crippen molar-refractivity contribution in [2.75, 3.05) is 25.3 Å². The number of benzene rings is 2. The van der Waals surface area contributed by atoms with Gasteiger partial charge in [-0.2, -0.15) is 0 Å². The van der Waals surface area contributed by atoms with Gasteiger partial charge in [0.05, 0.1) is 20.0 Å². The molecule has 2 aromatic carbocycles. The monoisotopic (exact) mass is 552 g/mol. The van der Waals surface area contributed by atoms with Crippen LogP contribution in [0.1, 0.15) is 34.8 Å². The quantitative estimate of drug-likeness (QED) is 0.203. The highest BCUT2D eigenvalue weighted by Gasteiger charge is 2.23. The summed E-state index contributed by atoms with van der Waals surface area (Å²) in [5, 5.41) is 14.2. The standard InChI is InChI=1S/C27H28N4O5S2/c1-16-8-6-7-9-21(16)36-17(2)24-29-30-27(31(24)3)38-15-22(32)28-25-23(26(33)35-5)20(14-37-25)18-10-12-19(34-4)13-11-18/h6-14,17H,15H2,1-5H3,(H,28,32). The van der Waals surface area contributed by atoms with Crippen LogP contribution in [0.2, 0.25) is 0 Å². The fraction of sp³-hybridized carbons (Fsp3) is 0.259. The van der Waals surface area contributed by atoms with Crippen molar-refractivity contribution in [2.45, 2.75) is 25.1 Å². The molecule has 1 amide bonds. The van der Waals surface area contributed by atoms with Gasteiger partial charge in [-0.15, -0.1) is 21.5 Å². The molecule has 0 bridgehead atoms. The zero-order valence-corrected chi connectivity index (χ0v) is 23.3. The molecule has 2 aromatic heterocycles. The van der Waals surface area contributed by atoms with E-state index in [4.69, 9.17) is 14.2 Å². The minimum absolute atomic E-state index is 0.0788. The lowest BCUT2D eigenvalue weighted by Gasteiger charge is -2.15. The van der Waals surface area contributed by atoms with Crippen LogP contribution >= 0.6 is 23.1 Å². The van der Waals surface area contributed by atoms with Gasteiger partial charge in [0, 0.05) is 18.0 Å². The van der Waals surface area contributed by atoms with Crippen molar-refractivity contribution < 1.29 is 23.8 Å². The first kappa shape index (κ1) is 27.2. The average molecular weight is 553 g/mol. The largest absolute Gasteiger partial charge is 0.497 e. The summed E-state index contributed by atoms with van der Waals surface area (Å²) in [6, 6.07) is 15.1. The van der Waals surface area contributed by atoms with Crippen LogP contribution < -0.4 is 14.8 Å². The highest BCUT2D eigenvalue weighted by Crippen LogP contribution is 2.37. The molecule has 2 heterocycles. The Balaban J connectivity index is 1.43. The van der Waals surface area contributed by atoms with Gasteiger partial charge in [0.2, 0.25) is 5.91 Å². The maximum absolute atomic E-state index is 12.8. The van der Waals surface area contributed by atoms with Crippen LogP contribution in [0, 0.1) is 6.92 Å². The second-order valence-corrected chi connectivity index (χ2v) is 10.2. The predicted molar refractivity (Wildman–Crippen MR) is 148 cm³/mol. The van der Waals surface area contributed by atoms with E-state index in [9.17, 15) is 9.59 Å². The summed E-state index contributed by atoms with van der Waals surface area (Å²) in [4.78, 5) is 25.4. The third kappa shape index (κ3) is 6.00. The van der Waals surface area contributed by atoms with Crippen LogP contribution in [0.3, 0.4) is 0 Å². The molecule has 1 unspecified atom stereocenters. The van der Waals surface area contributed by atoms with E-state index in [1.807, 2.05) is 79.4 Å². The number of aryl methyl sites for hydroxylation is 1. The minimum atomic E-state index is -0.527. The summed E-state index contributed by atoms with van der Waals surface area (Å²) in [5.41, 5.74) is 2.82. The van der Waals surface area contributed by atoms with Crippen molar-refractivity contribution in [1.82, 2.24) is 14.8 Å². The summed E-state index contributed by atoms with van der Waals surface area (Å²) in [5.74, 6) is 1.40. The van der Waals surface area contributed by atoms with E-state index < -0.39 is 5.97 Å². The Bertz CT molecular complexity index is 1430. The molecule has 1 N–H and O–H groups in total. The van der Waals surface area contributed by atoms with E-state index in [1.165, 1.54) is 30.2 Å². The van der Waals surface area contributed by atoms with Gasteiger partial charge in [-0.3, -0.25) is 4.79 Å². The molecule has 0 spiro atoms. The van der Waals surface area contributed by atoms with Gasteiger partial charge in [0.1, 0.15) is 22.1 Å². The molecular formula is C27H28N4O5S2. The number of para-hydroxylation sites is 1. The van der Waals surface area contributed by atoms with Gasteiger partial charge < -0.3 is 24.1 Å². The third-order valence-corrected chi connectivity index (χ3v) is 7.71. The van der Waals surface area contributed by atoms with Crippen LogP contribution in [0.25, 0.3) is 11.1 Å². The fourth-order valence-electron chi connectivity index (χ4n) is 3.77. The molecule has 0 fully saturated rings. The maximum atomic E-state index is 12.8. The van der Waals surface area contributed by atoms with Crippen LogP contribution in [0.15, 0.2) is 59.1 Å². The van der Waals surface area contributed by atoms with Crippen molar-refractivity contribution in [3.05, 3.63) is 70.9 Å². The molecule has 198 valence electrons. The van der Waals surface area contributed by atoms with Crippen molar-refractivity contribution in [3.8, 4) is 22.6 Å². The predicted octanol–water partition coefficient (Wildman–Crippen LogP) is 5.52. The number of thioether (sulfide) groups is 1. The Labute approximate surface area is 229 Å². The molecule has 1 atom stereocenters. The molecule has 0 saturated carbocycles. The zero-order chi connectivity index (χ0) is 27.2. The molecule has 11 heteroatoms. The number of nitrogens with one attached hydrogen (secondary N) is 1. The number of thiophene rings is 1. The topological polar surface area (TPSA) is 105 Å². The highest BCUT2D eigenvalue weighted by molar-refractivity contribution is 7.99. The Morgan fingerprint density at radius 1 is 1.11 bits per heavy atom. The van der Waals surface area contributed by atoms with Crippen LogP contribution in [0.4, 0.5) is 5.00 Å². The number of methoxy groups -OCH3 is 2. The van der Waals surface area contributed by atoms with E-state index in [1.54, 1.807) is 7.11 Å². The van der Waals surface area contributed by atoms with Gasteiger partial charge in [-0.05, 0) is 43.2 Å². The van der Waals surface area contributed by atoms with E-state index >= 15 is 0 Å². The first-order chi connectivity index (χ1) is 18.3. The SMILES string of the molecule is COC(=O)c1c(-c2ccc(OC)cc2)csc1NC(=O)CSc1nnc(C(C)Oc2ccccc2C)n1C. The second-order valence-electron chi connectivity index (χ2n) is 8.34. The first-order valence-corrected chi connectivity index (χ1v) is 13.6. The summed E-state index contributed by atoms with van der Waals surface area (Å²) in [7, 11) is 4.74. The fourth-order valence-corrected chi connectivity index (χ4v) is 5.46. The number of hydrogen-bond donors (Lipinski definition) is 1. The second kappa shape index (κ2) is 12.1.